The van der Waals surface area contributed by atoms with Crippen molar-refractivity contribution in [2.45, 2.75) is 33.7 Å². The number of aryl methyl sites for hydroxylation is 1. The van der Waals surface area contributed by atoms with E-state index in [1.165, 1.54) is 28.8 Å². The lowest BCUT2D eigenvalue weighted by atomic mass is 9.97. The van der Waals surface area contributed by atoms with Crippen LogP contribution in [0.25, 0.3) is 10.9 Å². The average Bonchev–Trinajstić information content (AvgIpc) is 2.77. The van der Waals surface area contributed by atoms with Crippen LogP contribution in [-0.2, 0) is 13.0 Å². The van der Waals surface area contributed by atoms with Crippen LogP contribution >= 0.6 is 0 Å². The van der Waals surface area contributed by atoms with Crippen molar-refractivity contribution in [3.05, 3.63) is 105 Å². The number of hydrogen-bond donors (Lipinski definition) is 2. The van der Waals surface area contributed by atoms with Gasteiger partial charge in [0.1, 0.15) is 17.3 Å². The van der Waals surface area contributed by atoms with E-state index in [0.717, 1.165) is 11.1 Å². The van der Waals surface area contributed by atoms with Crippen molar-refractivity contribution >= 4 is 10.9 Å². The predicted octanol–water partition coefficient (Wildman–Crippen LogP) is 5.53. The largest absolute Gasteiger partial charge is 0.508 e. The predicted molar refractivity (Wildman–Crippen MR) is 122 cm³/mol. The van der Waals surface area contributed by atoms with Gasteiger partial charge in [0.2, 0.25) is 0 Å². The number of hydrogen-bond acceptors (Lipinski definition) is 3. The Bertz CT molecular complexity index is 1250. The summed E-state index contributed by atoms with van der Waals surface area (Å²) < 4.78 is 14.8. The first-order valence-corrected chi connectivity index (χ1v) is 10.3. The number of benzene rings is 3. The maximum atomic E-state index is 13.4. The monoisotopic (exact) mass is 419 g/mol. The summed E-state index contributed by atoms with van der Waals surface area (Å²) >= 11 is 0. The standard InChI is InChI=1S/C24H20FNO3.C2H6/c1-15-20(11-16-5-3-2-4-6-16)24(29)26(14-17-7-9-18(25)10-8-17)21-12-19(27)13-22(28)23(15)21;1-2/h2-10,12-13,27-28H,11,14H2,1H3;1-2H3. The van der Waals surface area contributed by atoms with Crippen molar-refractivity contribution in [3.63, 3.8) is 0 Å². The molecule has 4 nitrogen and oxygen atoms in total. The van der Waals surface area contributed by atoms with Gasteiger partial charge in [0, 0.05) is 29.5 Å². The molecule has 0 spiro atoms. The van der Waals surface area contributed by atoms with Gasteiger partial charge in [0.25, 0.3) is 5.56 Å². The summed E-state index contributed by atoms with van der Waals surface area (Å²) in [7, 11) is 0. The van der Waals surface area contributed by atoms with Gasteiger partial charge >= 0.3 is 0 Å². The van der Waals surface area contributed by atoms with Crippen molar-refractivity contribution in [3.8, 4) is 11.5 Å². The molecular weight excluding hydrogens is 393 g/mol. The highest BCUT2D eigenvalue weighted by molar-refractivity contribution is 5.90. The zero-order valence-electron chi connectivity index (χ0n) is 17.9. The third-order valence-electron chi connectivity index (χ3n) is 5.18. The molecule has 0 saturated heterocycles. The number of phenols is 2. The molecule has 0 unspecified atom stereocenters. The second-order valence-electron chi connectivity index (χ2n) is 7.14. The van der Waals surface area contributed by atoms with Crippen LogP contribution in [0.5, 0.6) is 11.5 Å². The summed E-state index contributed by atoms with van der Waals surface area (Å²) in [4.78, 5) is 13.4. The Morgan fingerprint density at radius 1 is 0.903 bits per heavy atom. The number of pyridine rings is 1. The van der Waals surface area contributed by atoms with Crippen molar-refractivity contribution < 1.29 is 14.6 Å². The van der Waals surface area contributed by atoms with Gasteiger partial charge in [-0.3, -0.25) is 4.79 Å². The lowest BCUT2D eigenvalue weighted by Crippen LogP contribution is -2.26. The zero-order valence-corrected chi connectivity index (χ0v) is 17.9. The molecule has 2 N–H and O–H groups in total. The molecule has 4 rings (SSSR count). The first-order valence-electron chi connectivity index (χ1n) is 10.3. The van der Waals surface area contributed by atoms with Crippen molar-refractivity contribution in [1.29, 1.82) is 0 Å². The number of aromatic nitrogens is 1. The minimum atomic E-state index is -0.352. The van der Waals surface area contributed by atoms with Gasteiger partial charge in [-0.15, -0.1) is 0 Å². The van der Waals surface area contributed by atoms with E-state index in [4.69, 9.17) is 0 Å². The highest BCUT2D eigenvalue weighted by Gasteiger charge is 2.18. The maximum Gasteiger partial charge on any atom is 0.255 e. The highest BCUT2D eigenvalue weighted by Crippen LogP contribution is 2.33. The van der Waals surface area contributed by atoms with Crippen molar-refractivity contribution in [2.75, 3.05) is 0 Å². The molecule has 1 aromatic heterocycles. The number of nitrogens with zero attached hydrogens (tertiary/aromatic N) is 1. The van der Waals surface area contributed by atoms with E-state index in [9.17, 15) is 19.4 Å². The molecule has 0 fully saturated rings. The number of halogens is 1. The Balaban J connectivity index is 0.00000132. The molecular formula is C26H26FNO3. The number of phenolic OH excluding ortho intramolecular Hbond substituents is 2. The van der Waals surface area contributed by atoms with E-state index in [2.05, 4.69) is 0 Å². The fourth-order valence-electron chi connectivity index (χ4n) is 3.72. The molecule has 0 aliphatic rings. The maximum absolute atomic E-state index is 13.4. The van der Waals surface area contributed by atoms with Crippen LogP contribution in [0.1, 0.15) is 36.1 Å². The summed E-state index contributed by atoms with van der Waals surface area (Å²) in [5.41, 5.74) is 3.22. The van der Waals surface area contributed by atoms with Crippen LogP contribution in [0, 0.1) is 12.7 Å². The van der Waals surface area contributed by atoms with E-state index in [-0.39, 0.29) is 29.4 Å². The van der Waals surface area contributed by atoms with Crippen LogP contribution in [0.15, 0.2) is 71.5 Å². The second-order valence-corrected chi connectivity index (χ2v) is 7.14. The summed E-state index contributed by atoms with van der Waals surface area (Å²) in [5, 5.41) is 21.0. The molecule has 0 amide bonds. The van der Waals surface area contributed by atoms with Crippen molar-refractivity contribution in [1.82, 2.24) is 4.57 Å². The molecule has 0 atom stereocenters. The van der Waals surface area contributed by atoms with Crippen LogP contribution in [0.4, 0.5) is 4.39 Å². The fourth-order valence-corrected chi connectivity index (χ4v) is 3.72. The minimum Gasteiger partial charge on any atom is -0.508 e. The zero-order chi connectivity index (χ0) is 22.5. The topological polar surface area (TPSA) is 62.5 Å². The Kier molecular flexibility index (Phi) is 6.75. The van der Waals surface area contributed by atoms with E-state index >= 15 is 0 Å². The third-order valence-corrected chi connectivity index (χ3v) is 5.18. The molecule has 31 heavy (non-hydrogen) atoms. The molecule has 4 aromatic rings. The first-order chi connectivity index (χ1) is 14.9. The second kappa shape index (κ2) is 9.47. The Labute approximate surface area is 180 Å². The Hall–Kier alpha value is -3.60. The third kappa shape index (κ3) is 4.61. The van der Waals surface area contributed by atoms with Gasteiger partial charge in [-0.1, -0.05) is 56.3 Å². The SMILES string of the molecule is CC.Cc1c(Cc2ccccc2)c(=O)n(Cc2ccc(F)cc2)c2cc(O)cc(O)c12. The van der Waals surface area contributed by atoms with Gasteiger partial charge in [0.15, 0.2) is 0 Å². The minimum absolute atomic E-state index is 0.0836. The molecule has 0 aliphatic heterocycles. The normalized spacial score (nSPS) is 10.6. The Morgan fingerprint density at radius 2 is 1.55 bits per heavy atom. The lowest BCUT2D eigenvalue weighted by Gasteiger charge is -2.17. The van der Waals surface area contributed by atoms with E-state index in [1.807, 2.05) is 44.2 Å². The van der Waals surface area contributed by atoms with Gasteiger partial charge in [-0.2, -0.15) is 0 Å². The summed E-state index contributed by atoms with van der Waals surface area (Å²) in [5.74, 6) is -0.563. The summed E-state index contributed by atoms with van der Waals surface area (Å²) in [6.45, 7) is 6.00. The molecule has 3 aromatic carbocycles. The first kappa shape index (κ1) is 22.1. The molecule has 0 radical (unpaired) electrons. The van der Waals surface area contributed by atoms with Crippen LogP contribution in [0.2, 0.25) is 0 Å². The van der Waals surface area contributed by atoms with Gasteiger partial charge in [0.05, 0.1) is 12.1 Å². The Morgan fingerprint density at radius 3 is 2.19 bits per heavy atom. The van der Waals surface area contributed by atoms with Gasteiger partial charge < -0.3 is 14.8 Å². The smallest absolute Gasteiger partial charge is 0.255 e. The van der Waals surface area contributed by atoms with E-state index in [1.54, 1.807) is 19.1 Å². The van der Waals surface area contributed by atoms with E-state index < -0.39 is 0 Å². The van der Waals surface area contributed by atoms with E-state index in [0.29, 0.717) is 28.5 Å². The lowest BCUT2D eigenvalue weighted by molar-refractivity contribution is 0.454. The van der Waals surface area contributed by atoms with Gasteiger partial charge in [-0.25, -0.2) is 4.39 Å². The van der Waals surface area contributed by atoms with Crippen LogP contribution in [-0.4, -0.2) is 14.8 Å². The van der Waals surface area contributed by atoms with Crippen molar-refractivity contribution in [2.24, 2.45) is 0 Å². The number of rotatable bonds is 4. The number of aromatic hydroxyl groups is 2. The molecule has 0 aliphatic carbocycles. The van der Waals surface area contributed by atoms with Crippen LogP contribution < -0.4 is 5.56 Å². The molecule has 0 bridgehead atoms. The molecule has 160 valence electrons. The van der Waals surface area contributed by atoms with Crippen LogP contribution in [0.3, 0.4) is 0 Å². The molecule has 0 saturated carbocycles. The van der Waals surface area contributed by atoms with Gasteiger partial charge in [-0.05, 0) is 35.7 Å². The number of fused-ring (bicyclic) bond motifs is 1. The molecule has 5 heteroatoms. The summed E-state index contributed by atoms with van der Waals surface area (Å²) in [6.07, 6.45) is 0.422. The quantitative estimate of drug-likeness (QED) is 0.457. The highest BCUT2D eigenvalue weighted by atomic mass is 19.1. The summed E-state index contributed by atoms with van der Waals surface area (Å²) in [6, 6.07) is 18.3. The average molecular weight is 419 g/mol. The fraction of sp³-hybridized carbons (Fsp3) is 0.192. The molecule has 1 heterocycles.